The summed E-state index contributed by atoms with van der Waals surface area (Å²) in [5, 5.41) is 8.69. The summed E-state index contributed by atoms with van der Waals surface area (Å²) in [7, 11) is 0. The number of aromatic nitrogens is 2. The molecule has 0 spiro atoms. The van der Waals surface area contributed by atoms with Crippen LogP contribution in [0.3, 0.4) is 0 Å². The van der Waals surface area contributed by atoms with Crippen molar-refractivity contribution in [2.45, 2.75) is 6.42 Å². The molecule has 2 aromatic rings. The van der Waals surface area contributed by atoms with Gasteiger partial charge in [-0.05, 0) is 12.1 Å². The van der Waals surface area contributed by atoms with Gasteiger partial charge in [0.25, 0.3) is 0 Å². The first-order valence-corrected chi connectivity index (χ1v) is 5.36. The van der Waals surface area contributed by atoms with Crippen molar-refractivity contribution in [2.75, 3.05) is 0 Å². The zero-order valence-corrected chi connectivity index (χ0v) is 9.10. The van der Waals surface area contributed by atoms with E-state index in [4.69, 9.17) is 16.7 Å². The number of carboxylic acid groups (broad SMARTS) is 1. The van der Waals surface area contributed by atoms with E-state index in [1.54, 1.807) is 6.07 Å². The maximum atomic E-state index is 10.6. The van der Waals surface area contributed by atoms with E-state index in [9.17, 15) is 4.79 Å². The van der Waals surface area contributed by atoms with Gasteiger partial charge in [0.1, 0.15) is 5.69 Å². The van der Waals surface area contributed by atoms with Gasteiger partial charge < -0.3 is 10.1 Å². The molecule has 0 aliphatic carbocycles. The average Bonchev–Trinajstić information content (AvgIpc) is 2.72. The van der Waals surface area contributed by atoms with Gasteiger partial charge in [0.2, 0.25) is 0 Å². The molecule has 2 N–H and O–H groups in total. The number of thiophene rings is 1. The maximum Gasteiger partial charge on any atom is 0.309 e. The number of nitrogens with one attached hydrogen (secondary N) is 1. The Morgan fingerprint density at radius 1 is 1.60 bits per heavy atom. The fourth-order valence-electron chi connectivity index (χ4n) is 1.26. The monoisotopic (exact) mass is 242 g/mol. The number of nitrogens with zero attached hydrogens (tertiary/aromatic N) is 1. The molecule has 0 atom stereocenters. The van der Waals surface area contributed by atoms with Gasteiger partial charge in [-0.2, -0.15) is 0 Å². The Kier molecular flexibility index (Phi) is 2.75. The summed E-state index contributed by atoms with van der Waals surface area (Å²) in [6.45, 7) is 0. The Morgan fingerprint density at radius 3 is 3.00 bits per heavy atom. The molecular weight excluding hydrogens is 236 g/mol. The highest BCUT2D eigenvalue weighted by molar-refractivity contribution is 7.19. The van der Waals surface area contributed by atoms with Crippen molar-refractivity contribution in [3.63, 3.8) is 0 Å². The van der Waals surface area contributed by atoms with Crippen molar-refractivity contribution in [1.82, 2.24) is 9.97 Å². The smallest absolute Gasteiger partial charge is 0.309 e. The Balaban J connectivity index is 2.36. The van der Waals surface area contributed by atoms with Crippen molar-refractivity contribution in [3.05, 3.63) is 28.5 Å². The molecule has 0 fully saturated rings. The van der Waals surface area contributed by atoms with Crippen LogP contribution in [0.2, 0.25) is 4.34 Å². The van der Waals surface area contributed by atoms with E-state index in [0.717, 1.165) is 4.88 Å². The highest BCUT2D eigenvalue weighted by Crippen LogP contribution is 2.31. The molecule has 0 aromatic carbocycles. The van der Waals surface area contributed by atoms with Gasteiger partial charge in [0.15, 0.2) is 0 Å². The van der Waals surface area contributed by atoms with E-state index in [1.807, 2.05) is 6.07 Å². The van der Waals surface area contributed by atoms with Crippen molar-refractivity contribution in [1.29, 1.82) is 0 Å². The lowest BCUT2D eigenvalue weighted by Gasteiger charge is -1.96. The third kappa shape index (κ3) is 2.19. The molecule has 0 saturated carbocycles. The van der Waals surface area contributed by atoms with E-state index in [2.05, 4.69) is 9.97 Å². The van der Waals surface area contributed by atoms with E-state index in [-0.39, 0.29) is 6.42 Å². The molecule has 6 heteroatoms. The molecule has 0 amide bonds. The molecule has 2 heterocycles. The molecule has 78 valence electrons. The summed E-state index contributed by atoms with van der Waals surface area (Å²) >= 11 is 7.18. The van der Waals surface area contributed by atoms with Gasteiger partial charge >= 0.3 is 5.97 Å². The van der Waals surface area contributed by atoms with Crippen LogP contribution in [0, 0.1) is 0 Å². The number of H-pyrrole nitrogens is 1. The Hall–Kier alpha value is -1.33. The number of carbonyl (C=O) groups is 1. The van der Waals surface area contributed by atoms with E-state index < -0.39 is 5.97 Å². The zero-order valence-electron chi connectivity index (χ0n) is 7.53. The van der Waals surface area contributed by atoms with Crippen LogP contribution in [0.4, 0.5) is 0 Å². The van der Waals surface area contributed by atoms with Crippen LogP contribution < -0.4 is 0 Å². The Bertz CT molecular complexity index is 492. The van der Waals surface area contributed by atoms with Gasteiger partial charge in [-0.15, -0.1) is 11.3 Å². The first-order valence-electron chi connectivity index (χ1n) is 4.16. The number of hydrogen-bond donors (Lipinski definition) is 2. The summed E-state index contributed by atoms with van der Waals surface area (Å²) in [4.78, 5) is 18.4. The summed E-state index contributed by atoms with van der Waals surface area (Å²) in [5.41, 5.74) is 1.26. The fourth-order valence-corrected chi connectivity index (χ4v) is 2.33. The van der Waals surface area contributed by atoms with Crippen LogP contribution in [0.5, 0.6) is 0 Å². The minimum atomic E-state index is -0.886. The molecular formula is C9H7ClN2O2S. The summed E-state index contributed by atoms with van der Waals surface area (Å²) in [5.74, 6) is -0.886. The topological polar surface area (TPSA) is 66.0 Å². The largest absolute Gasteiger partial charge is 0.481 e. The number of rotatable bonds is 3. The molecule has 0 bridgehead atoms. The summed E-state index contributed by atoms with van der Waals surface area (Å²) < 4.78 is 0.661. The minimum Gasteiger partial charge on any atom is -0.481 e. The van der Waals surface area contributed by atoms with E-state index >= 15 is 0 Å². The number of imidazole rings is 1. The molecule has 0 radical (unpaired) electrons. The van der Waals surface area contributed by atoms with Crippen molar-refractivity contribution in [2.24, 2.45) is 0 Å². The lowest BCUT2D eigenvalue weighted by atomic mass is 10.2. The molecule has 0 aliphatic heterocycles. The normalized spacial score (nSPS) is 10.5. The molecule has 0 saturated heterocycles. The van der Waals surface area contributed by atoms with Gasteiger partial charge in [-0.1, -0.05) is 11.6 Å². The predicted octanol–water partition coefficient (Wildman–Crippen LogP) is 2.42. The van der Waals surface area contributed by atoms with Crippen molar-refractivity contribution in [3.8, 4) is 10.6 Å². The standard InChI is InChI=1S/C9H7ClN2O2S/c10-7-2-1-6(15-7)9-5(3-8(13)14)11-4-12-9/h1-2,4H,3H2,(H,11,12)(H,13,14). The van der Waals surface area contributed by atoms with Crippen LogP contribution in [-0.2, 0) is 11.2 Å². The van der Waals surface area contributed by atoms with Crippen LogP contribution in [-0.4, -0.2) is 21.0 Å². The number of hydrogen-bond acceptors (Lipinski definition) is 3. The van der Waals surface area contributed by atoms with E-state index in [0.29, 0.717) is 15.7 Å². The minimum absolute atomic E-state index is 0.0646. The van der Waals surface area contributed by atoms with Crippen LogP contribution in [0.25, 0.3) is 10.6 Å². The van der Waals surface area contributed by atoms with Crippen molar-refractivity contribution < 1.29 is 9.90 Å². The number of carboxylic acids is 1. The summed E-state index contributed by atoms with van der Waals surface area (Å²) in [6, 6.07) is 3.59. The van der Waals surface area contributed by atoms with Crippen LogP contribution in [0.15, 0.2) is 18.5 Å². The van der Waals surface area contributed by atoms with Crippen LogP contribution >= 0.6 is 22.9 Å². The van der Waals surface area contributed by atoms with Crippen molar-refractivity contribution >= 4 is 28.9 Å². The van der Waals surface area contributed by atoms with Gasteiger partial charge in [-0.3, -0.25) is 4.79 Å². The lowest BCUT2D eigenvalue weighted by Crippen LogP contribution is -2.01. The highest BCUT2D eigenvalue weighted by atomic mass is 35.5. The Labute approximate surface area is 94.5 Å². The molecule has 2 aromatic heterocycles. The van der Waals surface area contributed by atoms with E-state index in [1.165, 1.54) is 17.7 Å². The lowest BCUT2D eigenvalue weighted by molar-refractivity contribution is -0.136. The first-order chi connectivity index (χ1) is 7.16. The van der Waals surface area contributed by atoms with Gasteiger partial charge in [0, 0.05) is 0 Å². The zero-order chi connectivity index (χ0) is 10.8. The second kappa shape index (κ2) is 4.04. The van der Waals surface area contributed by atoms with Crippen LogP contribution in [0.1, 0.15) is 5.69 Å². The fraction of sp³-hybridized carbons (Fsp3) is 0.111. The average molecular weight is 243 g/mol. The second-order valence-electron chi connectivity index (χ2n) is 2.90. The predicted molar refractivity (Wildman–Crippen MR) is 58.3 cm³/mol. The Morgan fingerprint density at radius 2 is 2.40 bits per heavy atom. The number of halogens is 1. The quantitative estimate of drug-likeness (QED) is 0.869. The number of aliphatic carboxylic acids is 1. The molecule has 4 nitrogen and oxygen atoms in total. The first kappa shape index (κ1) is 10.2. The molecule has 15 heavy (non-hydrogen) atoms. The maximum absolute atomic E-state index is 10.6. The highest BCUT2D eigenvalue weighted by Gasteiger charge is 2.12. The molecule has 0 unspecified atom stereocenters. The second-order valence-corrected chi connectivity index (χ2v) is 4.62. The number of aromatic amines is 1. The molecule has 0 aliphatic rings. The summed E-state index contributed by atoms with van der Waals surface area (Å²) in [6.07, 6.45) is 1.42. The van der Waals surface area contributed by atoms with Gasteiger partial charge in [0.05, 0.1) is 27.7 Å². The van der Waals surface area contributed by atoms with Gasteiger partial charge in [-0.25, -0.2) is 4.98 Å². The third-order valence-corrected chi connectivity index (χ3v) is 3.09. The molecule has 2 rings (SSSR count). The third-order valence-electron chi connectivity index (χ3n) is 1.85. The SMILES string of the molecule is O=C(O)Cc1[nH]cnc1-c1ccc(Cl)s1.